The number of fused-ring (bicyclic) bond motifs is 1. The Morgan fingerprint density at radius 1 is 1.25 bits per heavy atom. The standard InChI is InChI=1S/C19H21FN2O2/c20-13-2-3-14-10(9-21-15(14)8-13)1-4-18(23)22-16-7-12-5-11(16)6-17(22)19(12)24/h2-3,8-9,11-12,16-17,19,21,24H,1,4-7H2. The van der Waals surface area contributed by atoms with Crippen molar-refractivity contribution in [2.75, 3.05) is 0 Å². The fraction of sp³-hybridized carbons (Fsp3) is 0.526. The number of rotatable bonds is 3. The molecule has 126 valence electrons. The number of aliphatic hydroxyl groups excluding tert-OH is 1. The zero-order valence-corrected chi connectivity index (χ0v) is 13.4. The van der Waals surface area contributed by atoms with Gasteiger partial charge in [0.15, 0.2) is 0 Å². The maximum absolute atomic E-state index is 13.3. The summed E-state index contributed by atoms with van der Waals surface area (Å²) in [7, 11) is 0. The van der Waals surface area contributed by atoms with Crippen LogP contribution in [0.25, 0.3) is 10.9 Å². The van der Waals surface area contributed by atoms with E-state index in [9.17, 15) is 14.3 Å². The van der Waals surface area contributed by atoms with Gasteiger partial charge < -0.3 is 15.0 Å². The van der Waals surface area contributed by atoms with Crippen LogP contribution in [0.5, 0.6) is 0 Å². The van der Waals surface area contributed by atoms with Crippen molar-refractivity contribution in [1.29, 1.82) is 0 Å². The van der Waals surface area contributed by atoms with Gasteiger partial charge in [-0.1, -0.05) is 0 Å². The van der Waals surface area contributed by atoms with Gasteiger partial charge >= 0.3 is 0 Å². The molecular weight excluding hydrogens is 307 g/mol. The number of aromatic amines is 1. The summed E-state index contributed by atoms with van der Waals surface area (Å²) < 4.78 is 13.3. The molecule has 2 saturated carbocycles. The molecule has 24 heavy (non-hydrogen) atoms. The summed E-state index contributed by atoms with van der Waals surface area (Å²) in [6, 6.07) is 5.10. The Balaban J connectivity index is 1.32. The quantitative estimate of drug-likeness (QED) is 0.910. The van der Waals surface area contributed by atoms with E-state index >= 15 is 0 Å². The van der Waals surface area contributed by atoms with Gasteiger partial charge in [0.1, 0.15) is 5.82 Å². The maximum atomic E-state index is 13.3. The molecule has 3 heterocycles. The fourth-order valence-electron chi connectivity index (χ4n) is 5.41. The summed E-state index contributed by atoms with van der Waals surface area (Å²) in [6.07, 6.45) is 5.65. The number of aromatic nitrogens is 1. The molecule has 4 fully saturated rings. The monoisotopic (exact) mass is 328 g/mol. The van der Waals surface area contributed by atoms with E-state index in [4.69, 9.17) is 0 Å². The molecule has 5 heteroatoms. The number of nitrogens with one attached hydrogen (secondary N) is 1. The molecule has 4 aliphatic rings. The first kappa shape index (κ1) is 14.5. The maximum Gasteiger partial charge on any atom is 0.223 e. The van der Waals surface area contributed by atoms with Gasteiger partial charge in [0.25, 0.3) is 0 Å². The SMILES string of the molecule is O=C(CCc1c[nH]c2cc(F)ccc12)N1C2CC3CC2CC1C3O. The molecule has 4 nitrogen and oxygen atoms in total. The first-order valence-corrected chi connectivity index (χ1v) is 8.86. The zero-order chi connectivity index (χ0) is 16.4. The largest absolute Gasteiger partial charge is 0.391 e. The lowest BCUT2D eigenvalue weighted by Crippen LogP contribution is -2.52. The second-order valence-corrected chi connectivity index (χ2v) is 7.66. The number of benzene rings is 1. The Bertz CT molecular complexity index is 817. The number of hydrogen-bond acceptors (Lipinski definition) is 2. The second kappa shape index (κ2) is 5.06. The van der Waals surface area contributed by atoms with E-state index in [-0.39, 0.29) is 23.9 Å². The van der Waals surface area contributed by atoms with Crippen LogP contribution in [-0.4, -0.2) is 39.1 Å². The summed E-state index contributed by atoms with van der Waals surface area (Å²) in [5.74, 6) is 0.905. The van der Waals surface area contributed by atoms with E-state index in [1.807, 2.05) is 11.1 Å². The molecule has 2 aliphatic heterocycles. The summed E-state index contributed by atoms with van der Waals surface area (Å²) in [4.78, 5) is 17.9. The highest BCUT2D eigenvalue weighted by atomic mass is 19.1. The van der Waals surface area contributed by atoms with Gasteiger partial charge in [0.05, 0.1) is 12.1 Å². The highest BCUT2D eigenvalue weighted by Gasteiger charge is 2.58. The number of hydrogen-bond donors (Lipinski definition) is 2. The number of nitrogens with zero attached hydrogens (tertiary/aromatic N) is 1. The number of halogens is 1. The minimum atomic E-state index is -0.333. The molecule has 2 N–H and O–H groups in total. The van der Waals surface area contributed by atoms with Crippen LogP contribution < -0.4 is 0 Å². The van der Waals surface area contributed by atoms with Crippen LogP contribution >= 0.6 is 0 Å². The van der Waals surface area contributed by atoms with Gasteiger partial charge in [0, 0.05) is 29.6 Å². The van der Waals surface area contributed by atoms with Crippen LogP contribution in [-0.2, 0) is 11.2 Å². The molecule has 1 aromatic heterocycles. The van der Waals surface area contributed by atoms with Crippen molar-refractivity contribution in [3.63, 3.8) is 0 Å². The van der Waals surface area contributed by atoms with Gasteiger partial charge in [-0.15, -0.1) is 0 Å². The minimum absolute atomic E-state index is 0.0389. The predicted molar refractivity (Wildman–Crippen MR) is 87.8 cm³/mol. The average Bonchev–Trinajstić information content (AvgIpc) is 3.19. The highest BCUT2D eigenvalue weighted by molar-refractivity contribution is 5.84. The number of carbonyl (C=O) groups is 1. The van der Waals surface area contributed by atoms with Gasteiger partial charge in [-0.05, 0) is 61.3 Å². The predicted octanol–water partition coefficient (Wildman–Crippen LogP) is 2.61. The van der Waals surface area contributed by atoms with Crippen molar-refractivity contribution in [1.82, 2.24) is 9.88 Å². The second-order valence-electron chi connectivity index (χ2n) is 7.66. The lowest BCUT2D eigenvalue weighted by atomic mass is 9.84. The van der Waals surface area contributed by atoms with Crippen LogP contribution in [0.4, 0.5) is 4.39 Å². The Labute approximate surface area is 139 Å². The molecule has 1 aromatic carbocycles. The number of piperidine rings is 1. The molecule has 2 aromatic rings. The first-order valence-electron chi connectivity index (χ1n) is 8.86. The Hall–Kier alpha value is -1.88. The van der Waals surface area contributed by atoms with Crippen LogP contribution in [0, 0.1) is 17.7 Å². The van der Waals surface area contributed by atoms with Crippen LogP contribution in [0.15, 0.2) is 24.4 Å². The van der Waals surface area contributed by atoms with E-state index in [1.165, 1.54) is 12.1 Å². The van der Waals surface area contributed by atoms with Crippen LogP contribution in [0.2, 0.25) is 0 Å². The number of H-pyrrole nitrogens is 1. The number of carbonyl (C=O) groups excluding carboxylic acids is 1. The van der Waals surface area contributed by atoms with E-state index in [0.29, 0.717) is 30.7 Å². The van der Waals surface area contributed by atoms with E-state index in [0.717, 1.165) is 35.7 Å². The Kier molecular flexibility index (Phi) is 3.05. The molecule has 4 bridgehead atoms. The first-order chi connectivity index (χ1) is 11.6. The molecule has 0 spiro atoms. The van der Waals surface area contributed by atoms with Gasteiger partial charge in [-0.25, -0.2) is 4.39 Å². The lowest BCUT2D eigenvalue weighted by molar-refractivity contribution is -0.140. The Morgan fingerprint density at radius 3 is 2.96 bits per heavy atom. The van der Waals surface area contributed by atoms with E-state index < -0.39 is 0 Å². The van der Waals surface area contributed by atoms with Crippen molar-refractivity contribution in [2.45, 2.75) is 50.3 Å². The molecule has 6 rings (SSSR count). The molecule has 2 aliphatic carbocycles. The summed E-state index contributed by atoms with van der Waals surface area (Å²) in [6.45, 7) is 0. The van der Waals surface area contributed by atoms with E-state index in [1.54, 1.807) is 6.07 Å². The number of aryl methyl sites for hydroxylation is 1. The van der Waals surface area contributed by atoms with E-state index in [2.05, 4.69) is 4.98 Å². The fourth-order valence-corrected chi connectivity index (χ4v) is 5.41. The average molecular weight is 328 g/mol. The highest BCUT2D eigenvalue weighted by Crippen LogP contribution is 2.53. The van der Waals surface area contributed by atoms with Crippen molar-refractivity contribution >= 4 is 16.8 Å². The minimum Gasteiger partial charge on any atom is -0.391 e. The smallest absolute Gasteiger partial charge is 0.223 e. The summed E-state index contributed by atoms with van der Waals surface area (Å²) >= 11 is 0. The molecule has 1 amide bonds. The third-order valence-electron chi connectivity index (χ3n) is 6.46. The number of aliphatic hydroxyl groups is 1. The van der Waals surface area contributed by atoms with Crippen LogP contribution in [0.3, 0.4) is 0 Å². The molecule has 5 atom stereocenters. The van der Waals surface area contributed by atoms with Crippen molar-refractivity contribution in [3.05, 3.63) is 35.8 Å². The van der Waals surface area contributed by atoms with Crippen molar-refractivity contribution < 1.29 is 14.3 Å². The van der Waals surface area contributed by atoms with Gasteiger partial charge in [-0.3, -0.25) is 4.79 Å². The van der Waals surface area contributed by atoms with Crippen molar-refractivity contribution in [3.8, 4) is 0 Å². The molecular formula is C19H21FN2O2. The third kappa shape index (κ3) is 1.97. The summed E-state index contributed by atoms with van der Waals surface area (Å²) in [5, 5.41) is 11.4. The van der Waals surface area contributed by atoms with Gasteiger partial charge in [0.2, 0.25) is 5.91 Å². The summed E-state index contributed by atoms with van der Waals surface area (Å²) in [5.41, 5.74) is 1.82. The van der Waals surface area contributed by atoms with Crippen molar-refractivity contribution in [2.24, 2.45) is 11.8 Å². The molecule has 5 unspecified atom stereocenters. The molecule has 2 saturated heterocycles. The third-order valence-corrected chi connectivity index (χ3v) is 6.46. The topological polar surface area (TPSA) is 56.3 Å². The van der Waals surface area contributed by atoms with Gasteiger partial charge in [-0.2, -0.15) is 0 Å². The zero-order valence-electron chi connectivity index (χ0n) is 13.4. The number of amides is 1. The Morgan fingerprint density at radius 2 is 2.08 bits per heavy atom. The normalized spacial score (nSPS) is 33.8. The van der Waals surface area contributed by atoms with Crippen LogP contribution in [0.1, 0.15) is 31.2 Å². The lowest BCUT2D eigenvalue weighted by Gasteiger charge is -2.40. The molecule has 0 radical (unpaired) electrons.